The Balaban J connectivity index is 1.66. The molecular weight excluding hydrogens is 300 g/mol. The van der Waals surface area contributed by atoms with Gasteiger partial charge < -0.3 is 15.0 Å². The van der Waals surface area contributed by atoms with Crippen LogP contribution in [-0.2, 0) is 9.53 Å². The van der Waals surface area contributed by atoms with Crippen molar-refractivity contribution in [3.05, 3.63) is 29.3 Å². The van der Waals surface area contributed by atoms with Gasteiger partial charge in [0.2, 0.25) is 5.91 Å². The average molecular weight is 325 g/mol. The lowest BCUT2D eigenvalue weighted by Gasteiger charge is -2.19. The van der Waals surface area contributed by atoms with Crippen LogP contribution in [0.15, 0.2) is 24.3 Å². The number of anilines is 1. The third-order valence-electron chi connectivity index (χ3n) is 3.96. The minimum atomic E-state index is 0.129. The lowest BCUT2D eigenvalue weighted by Crippen LogP contribution is -2.31. The molecule has 1 aliphatic rings. The molecule has 0 saturated carbocycles. The van der Waals surface area contributed by atoms with Gasteiger partial charge in [0.15, 0.2) is 0 Å². The number of rotatable bonds is 8. The van der Waals surface area contributed by atoms with Crippen molar-refractivity contribution in [1.29, 1.82) is 0 Å². The molecule has 1 saturated heterocycles. The van der Waals surface area contributed by atoms with Gasteiger partial charge in [-0.25, -0.2) is 0 Å². The first-order valence-electron chi connectivity index (χ1n) is 8.04. The Kier molecular flexibility index (Phi) is 7.00. The van der Waals surface area contributed by atoms with Gasteiger partial charge in [0, 0.05) is 50.0 Å². The van der Waals surface area contributed by atoms with Crippen LogP contribution in [0.1, 0.15) is 26.2 Å². The third-order valence-corrected chi connectivity index (χ3v) is 4.21. The maximum atomic E-state index is 11.8. The third kappa shape index (κ3) is 5.50. The molecule has 1 heterocycles. The van der Waals surface area contributed by atoms with Crippen LogP contribution in [0.4, 0.5) is 5.69 Å². The molecule has 0 bridgehead atoms. The zero-order valence-electron chi connectivity index (χ0n) is 13.2. The van der Waals surface area contributed by atoms with Crippen molar-refractivity contribution in [3.8, 4) is 0 Å². The number of ether oxygens (including phenoxy) is 1. The number of hydrogen-bond donors (Lipinski definition) is 1. The van der Waals surface area contributed by atoms with Crippen LogP contribution in [0, 0.1) is 5.92 Å². The van der Waals surface area contributed by atoms with Gasteiger partial charge in [0.25, 0.3) is 0 Å². The number of hydrogen-bond acceptors (Lipinski definition) is 3. The summed E-state index contributed by atoms with van der Waals surface area (Å²) in [5.74, 6) is 0.649. The number of benzene rings is 1. The van der Waals surface area contributed by atoms with Gasteiger partial charge in [-0.15, -0.1) is 0 Å². The van der Waals surface area contributed by atoms with Crippen molar-refractivity contribution >= 4 is 23.2 Å². The smallest absolute Gasteiger partial charge is 0.220 e. The van der Waals surface area contributed by atoms with E-state index in [-0.39, 0.29) is 5.91 Å². The first kappa shape index (κ1) is 17.1. The van der Waals surface area contributed by atoms with Gasteiger partial charge in [-0.05, 0) is 49.9 Å². The predicted molar refractivity (Wildman–Crippen MR) is 90.5 cm³/mol. The lowest BCUT2D eigenvalue weighted by molar-refractivity contribution is -0.121. The van der Waals surface area contributed by atoms with Gasteiger partial charge in [0.1, 0.15) is 0 Å². The fourth-order valence-corrected chi connectivity index (χ4v) is 2.84. The van der Waals surface area contributed by atoms with E-state index in [0.717, 1.165) is 37.5 Å². The molecule has 0 aromatic heterocycles. The fourth-order valence-electron chi connectivity index (χ4n) is 2.71. The van der Waals surface area contributed by atoms with E-state index in [1.54, 1.807) is 0 Å². The average Bonchev–Trinajstić information content (AvgIpc) is 2.99. The summed E-state index contributed by atoms with van der Waals surface area (Å²) in [5.41, 5.74) is 1.20. The molecule has 22 heavy (non-hydrogen) atoms. The van der Waals surface area contributed by atoms with E-state index in [9.17, 15) is 4.79 Å². The highest BCUT2D eigenvalue weighted by atomic mass is 35.5. The summed E-state index contributed by atoms with van der Waals surface area (Å²) in [6.45, 7) is 6.12. The molecule has 1 N–H and O–H groups in total. The second kappa shape index (κ2) is 9.01. The number of nitrogens with zero attached hydrogens (tertiary/aromatic N) is 1. The number of halogens is 1. The first-order chi connectivity index (χ1) is 10.7. The van der Waals surface area contributed by atoms with Crippen LogP contribution >= 0.6 is 11.6 Å². The minimum absolute atomic E-state index is 0.129. The molecule has 5 heteroatoms. The first-order valence-corrected chi connectivity index (χ1v) is 8.41. The number of nitrogens with one attached hydrogen (secondary N) is 1. The van der Waals surface area contributed by atoms with Gasteiger partial charge in [-0.3, -0.25) is 4.79 Å². The second-order valence-corrected chi connectivity index (χ2v) is 6.12. The van der Waals surface area contributed by atoms with Gasteiger partial charge >= 0.3 is 0 Å². The molecule has 0 radical (unpaired) electrons. The van der Waals surface area contributed by atoms with Crippen molar-refractivity contribution in [2.45, 2.75) is 26.2 Å². The molecule has 1 fully saturated rings. The molecular formula is C17H25ClN2O2. The van der Waals surface area contributed by atoms with E-state index >= 15 is 0 Å². The molecule has 2 rings (SSSR count). The molecule has 1 aromatic carbocycles. The zero-order valence-corrected chi connectivity index (χ0v) is 13.9. The van der Waals surface area contributed by atoms with Crippen molar-refractivity contribution in [2.75, 3.05) is 37.7 Å². The molecule has 1 amide bonds. The summed E-state index contributed by atoms with van der Waals surface area (Å²) in [5, 5.41) is 3.80. The summed E-state index contributed by atoms with van der Waals surface area (Å²) < 4.78 is 5.24. The van der Waals surface area contributed by atoms with Crippen LogP contribution in [-0.4, -0.2) is 38.8 Å². The van der Waals surface area contributed by atoms with Gasteiger partial charge in [-0.2, -0.15) is 0 Å². The molecule has 0 spiro atoms. The van der Waals surface area contributed by atoms with Crippen LogP contribution in [0.5, 0.6) is 0 Å². The highest BCUT2D eigenvalue weighted by Gasteiger charge is 2.22. The minimum Gasteiger partial charge on any atom is -0.382 e. The Bertz CT molecular complexity index is 464. The monoisotopic (exact) mass is 324 g/mol. The molecule has 0 unspecified atom stereocenters. The van der Waals surface area contributed by atoms with Crippen molar-refractivity contribution in [1.82, 2.24) is 5.32 Å². The van der Waals surface area contributed by atoms with E-state index in [1.807, 2.05) is 19.1 Å². The topological polar surface area (TPSA) is 41.6 Å². The molecule has 1 aromatic rings. The summed E-state index contributed by atoms with van der Waals surface area (Å²) in [6.07, 6.45) is 2.46. The summed E-state index contributed by atoms with van der Waals surface area (Å²) in [7, 11) is 0. The van der Waals surface area contributed by atoms with Crippen molar-refractivity contribution < 1.29 is 9.53 Å². The number of amides is 1. The Morgan fingerprint density at radius 3 is 2.91 bits per heavy atom. The van der Waals surface area contributed by atoms with Crippen LogP contribution < -0.4 is 10.2 Å². The van der Waals surface area contributed by atoms with E-state index in [2.05, 4.69) is 22.3 Å². The van der Waals surface area contributed by atoms with Crippen LogP contribution in [0.2, 0.25) is 5.02 Å². The number of carbonyl (C=O) groups is 1. The highest BCUT2D eigenvalue weighted by molar-refractivity contribution is 6.30. The van der Waals surface area contributed by atoms with Crippen molar-refractivity contribution in [2.24, 2.45) is 5.92 Å². The highest BCUT2D eigenvalue weighted by Crippen LogP contribution is 2.24. The molecule has 1 aliphatic heterocycles. The largest absolute Gasteiger partial charge is 0.382 e. The van der Waals surface area contributed by atoms with Crippen LogP contribution in [0.3, 0.4) is 0 Å². The van der Waals surface area contributed by atoms with Gasteiger partial charge in [-0.1, -0.05) is 11.6 Å². The Morgan fingerprint density at radius 2 is 2.18 bits per heavy atom. The molecule has 1 atom stereocenters. The number of carbonyl (C=O) groups excluding carboxylic acids is 1. The standard InChI is InChI=1S/C17H25ClN2O2/c1-2-22-11-3-4-17(21)19-12-14-9-10-20(13-14)16-7-5-15(18)6-8-16/h5-8,14H,2-4,9-13H2,1H3,(H,19,21)/t14-/m1/s1. The van der Waals surface area contributed by atoms with E-state index < -0.39 is 0 Å². The van der Waals surface area contributed by atoms with E-state index in [4.69, 9.17) is 16.3 Å². The quantitative estimate of drug-likeness (QED) is 0.747. The van der Waals surface area contributed by atoms with E-state index in [0.29, 0.717) is 25.6 Å². The van der Waals surface area contributed by atoms with Gasteiger partial charge in [0.05, 0.1) is 0 Å². The Morgan fingerprint density at radius 1 is 1.41 bits per heavy atom. The second-order valence-electron chi connectivity index (χ2n) is 5.68. The Labute approximate surface area is 137 Å². The predicted octanol–water partition coefficient (Wildman–Crippen LogP) is 3.10. The molecule has 4 nitrogen and oxygen atoms in total. The van der Waals surface area contributed by atoms with E-state index in [1.165, 1.54) is 5.69 Å². The zero-order chi connectivity index (χ0) is 15.8. The van der Waals surface area contributed by atoms with Crippen molar-refractivity contribution in [3.63, 3.8) is 0 Å². The summed E-state index contributed by atoms with van der Waals surface area (Å²) in [4.78, 5) is 14.1. The van der Waals surface area contributed by atoms with Crippen LogP contribution in [0.25, 0.3) is 0 Å². The SMILES string of the molecule is CCOCCCC(=O)NC[C@H]1CCN(c2ccc(Cl)cc2)C1. The molecule has 122 valence electrons. The molecule has 0 aliphatic carbocycles. The lowest BCUT2D eigenvalue weighted by atomic mass is 10.1. The fraction of sp³-hybridized carbons (Fsp3) is 0.588. The Hall–Kier alpha value is -1.26. The maximum absolute atomic E-state index is 11.8. The summed E-state index contributed by atoms with van der Waals surface area (Å²) >= 11 is 5.92. The summed E-state index contributed by atoms with van der Waals surface area (Å²) in [6, 6.07) is 7.95. The normalized spacial score (nSPS) is 17.7. The maximum Gasteiger partial charge on any atom is 0.220 e.